The number of methoxy groups -OCH3 is 1. The summed E-state index contributed by atoms with van der Waals surface area (Å²) in [5.74, 6) is -1.43. The van der Waals surface area contributed by atoms with Crippen molar-refractivity contribution in [2.24, 2.45) is 0 Å². The zero-order valence-electron chi connectivity index (χ0n) is 8.91. The van der Waals surface area contributed by atoms with Crippen molar-refractivity contribution in [2.75, 3.05) is 12.8 Å². The van der Waals surface area contributed by atoms with Gasteiger partial charge in [-0.15, -0.1) is 4.73 Å². The Bertz CT molecular complexity index is 612. The molecule has 0 bridgehead atoms. The molecule has 0 radical (unpaired) electrons. The van der Waals surface area contributed by atoms with Gasteiger partial charge < -0.3 is 15.2 Å². The molecule has 0 spiro atoms. The number of para-hydroxylation sites is 2. The lowest BCUT2D eigenvalue weighted by Crippen LogP contribution is -2.46. The maximum Gasteiger partial charge on any atom is 0.413 e. The van der Waals surface area contributed by atoms with Gasteiger partial charge in [0.15, 0.2) is 0 Å². The highest BCUT2D eigenvalue weighted by Crippen LogP contribution is 2.10. The van der Waals surface area contributed by atoms with E-state index in [4.69, 9.17) is 5.73 Å². The minimum absolute atomic E-state index is 0.0529. The maximum atomic E-state index is 11.9. The lowest BCUT2D eigenvalue weighted by atomic mass is 10.3. The van der Waals surface area contributed by atoms with Gasteiger partial charge >= 0.3 is 17.5 Å². The Labute approximate surface area is 95.8 Å². The molecule has 0 saturated heterocycles. The van der Waals surface area contributed by atoms with Gasteiger partial charge in [0.25, 0.3) is 5.52 Å². The van der Waals surface area contributed by atoms with E-state index >= 15 is 0 Å². The van der Waals surface area contributed by atoms with Crippen molar-refractivity contribution in [2.45, 2.75) is 0 Å². The quantitative estimate of drug-likeness (QED) is 0.406. The monoisotopic (exact) mass is 235 g/mol. The molecule has 0 saturated carbocycles. The Morgan fingerprint density at radius 1 is 1.24 bits per heavy atom. The molecular weight excluding hydrogens is 226 g/mol. The van der Waals surface area contributed by atoms with Gasteiger partial charge in [-0.2, -0.15) is 0 Å². The molecule has 17 heavy (non-hydrogen) atoms. The lowest BCUT2D eigenvalue weighted by molar-refractivity contribution is -0.620. The summed E-state index contributed by atoms with van der Waals surface area (Å²) in [4.78, 5) is 11.4. The fourth-order valence-corrected chi connectivity index (χ4v) is 1.54. The van der Waals surface area contributed by atoms with Gasteiger partial charge in [0, 0.05) is 6.07 Å². The Kier molecular flexibility index (Phi) is 2.43. The van der Waals surface area contributed by atoms with Crippen molar-refractivity contribution < 1.29 is 19.0 Å². The normalized spacial score (nSPS) is 10.4. The molecule has 0 unspecified atom stereocenters. The highest BCUT2D eigenvalue weighted by Gasteiger charge is 2.30. The number of benzene rings is 1. The second-order valence-electron chi connectivity index (χ2n) is 3.30. The van der Waals surface area contributed by atoms with Crippen LogP contribution < -0.4 is 15.2 Å². The molecule has 2 N–H and O–H groups in total. The molecule has 0 atom stereocenters. The van der Waals surface area contributed by atoms with Gasteiger partial charge in [-0.3, -0.25) is 5.73 Å². The average molecular weight is 235 g/mol. The van der Waals surface area contributed by atoms with Crippen LogP contribution in [-0.4, -0.2) is 13.1 Å². The highest BCUT2D eigenvalue weighted by molar-refractivity contribution is 5.90. The third kappa shape index (κ3) is 1.48. The number of fused-ring (bicyclic) bond motifs is 1. The smallest absolute Gasteiger partial charge is 0.413 e. The number of nitrogen functional groups attached to an aromatic ring is 1. The molecule has 7 heteroatoms. The van der Waals surface area contributed by atoms with Gasteiger partial charge in [0.05, 0.1) is 7.11 Å². The summed E-state index contributed by atoms with van der Waals surface area (Å²) in [5, 5.41) is 23.6. The Morgan fingerprint density at radius 2 is 1.76 bits per heavy atom. The van der Waals surface area contributed by atoms with Crippen molar-refractivity contribution in [1.29, 1.82) is 0 Å². The number of aromatic nitrogens is 2. The van der Waals surface area contributed by atoms with Crippen molar-refractivity contribution in [3.05, 3.63) is 40.4 Å². The van der Waals surface area contributed by atoms with E-state index in [9.17, 15) is 15.2 Å². The number of carbonyl (C=O) groups excluding carboxylic acids is 1. The Hall–Kier alpha value is -2.57. The first-order chi connectivity index (χ1) is 8.07. The molecule has 1 aromatic carbocycles. The summed E-state index contributed by atoms with van der Waals surface area (Å²) in [6, 6.07) is 6.03. The van der Waals surface area contributed by atoms with Gasteiger partial charge in [0.1, 0.15) is 0 Å². The highest BCUT2D eigenvalue weighted by atomic mass is 16.5. The molecule has 7 nitrogen and oxygen atoms in total. The van der Waals surface area contributed by atoms with Gasteiger partial charge in [0.2, 0.25) is 5.52 Å². The minimum Gasteiger partial charge on any atom is -0.710 e. The van der Waals surface area contributed by atoms with Crippen LogP contribution in [0, 0.1) is 10.4 Å². The minimum atomic E-state index is -0.951. The Morgan fingerprint density at radius 3 is 2.29 bits per heavy atom. The van der Waals surface area contributed by atoms with Crippen LogP contribution in [0.4, 0.5) is 5.82 Å². The summed E-state index contributed by atoms with van der Waals surface area (Å²) >= 11 is 0. The van der Waals surface area contributed by atoms with Crippen LogP contribution in [0.25, 0.3) is 11.0 Å². The van der Waals surface area contributed by atoms with Crippen molar-refractivity contribution in [1.82, 2.24) is 0 Å². The van der Waals surface area contributed by atoms with Crippen molar-refractivity contribution in [3.63, 3.8) is 0 Å². The molecule has 0 aliphatic carbocycles. The molecule has 1 aromatic heterocycles. The van der Waals surface area contributed by atoms with Gasteiger partial charge in [-0.25, -0.2) is 9.52 Å². The van der Waals surface area contributed by atoms with Crippen LogP contribution in [-0.2, 0) is 4.74 Å². The first-order valence-electron chi connectivity index (χ1n) is 4.69. The van der Waals surface area contributed by atoms with Gasteiger partial charge in [-0.05, 0) is 6.07 Å². The number of anilines is 1. The number of hydrogen-bond acceptors (Lipinski definition) is 5. The summed E-state index contributed by atoms with van der Waals surface area (Å²) in [6.45, 7) is 0. The molecule has 2 aromatic rings. The zero-order chi connectivity index (χ0) is 12.6. The van der Waals surface area contributed by atoms with Crippen LogP contribution in [0.3, 0.4) is 0 Å². The van der Waals surface area contributed by atoms with Gasteiger partial charge in [-0.1, -0.05) is 12.1 Å². The summed E-state index contributed by atoms with van der Waals surface area (Å²) in [6.07, 6.45) is 0. The summed E-state index contributed by atoms with van der Waals surface area (Å²) < 4.78 is 5.04. The molecule has 0 fully saturated rings. The first kappa shape index (κ1) is 10.9. The molecule has 0 aliphatic rings. The zero-order valence-corrected chi connectivity index (χ0v) is 8.91. The van der Waals surface area contributed by atoms with Crippen molar-refractivity contribution in [3.8, 4) is 0 Å². The van der Waals surface area contributed by atoms with Crippen LogP contribution in [0.1, 0.15) is 10.5 Å². The molecule has 0 amide bonds. The molecule has 2 rings (SSSR count). The SMILES string of the molecule is COC(=O)c1c(N)[n+]([O-])c2ccccc2[n+]1[O-]. The number of hydrogen-bond donors (Lipinski definition) is 1. The number of esters is 1. The first-order valence-corrected chi connectivity index (χ1v) is 4.69. The third-order valence-corrected chi connectivity index (χ3v) is 2.36. The van der Waals surface area contributed by atoms with Crippen LogP contribution in [0.15, 0.2) is 24.3 Å². The van der Waals surface area contributed by atoms with E-state index in [0.717, 1.165) is 7.11 Å². The predicted octanol–water partition coefficient (Wildman–Crippen LogP) is -0.525. The van der Waals surface area contributed by atoms with E-state index in [1.54, 1.807) is 12.1 Å². The van der Waals surface area contributed by atoms with E-state index in [0.29, 0.717) is 9.46 Å². The number of nitrogens with two attached hydrogens (primary N) is 1. The summed E-state index contributed by atoms with van der Waals surface area (Å²) in [7, 11) is 1.10. The second-order valence-corrected chi connectivity index (χ2v) is 3.30. The van der Waals surface area contributed by atoms with E-state index in [-0.39, 0.29) is 11.0 Å². The number of rotatable bonds is 1. The molecule has 88 valence electrons. The lowest BCUT2D eigenvalue weighted by Gasteiger charge is -2.11. The standard InChI is InChI=1S/C10H9N3O4/c1-17-10(14)8-9(11)13(16)7-5-3-2-4-6(7)12(8)15/h2-5H,11H2,1H3. The second kappa shape index (κ2) is 3.78. The third-order valence-electron chi connectivity index (χ3n) is 2.36. The summed E-state index contributed by atoms with van der Waals surface area (Å²) in [5.41, 5.74) is 5.09. The molecule has 1 heterocycles. The van der Waals surface area contributed by atoms with Crippen LogP contribution in [0.5, 0.6) is 0 Å². The van der Waals surface area contributed by atoms with E-state index < -0.39 is 17.5 Å². The largest absolute Gasteiger partial charge is 0.710 e. The van der Waals surface area contributed by atoms with E-state index in [1.165, 1.54) is 12.1 Å². The topological polar surface area (TPSA) is 106 Å². The number of ether oxygens (including phenoxy) is 1. The van der Waals surface area contributed by atoms with Crippen LogP contribution >= 0.6 is 0 Å². The average Bonchev–Trinajstić information content (AvgIpc) is 2.36. The van der Waals surface area contributed by atoms with E-state index in [1.807, 2.05) is 0 Å². The fraction of sp³-hybridized carbons (Fsp3) is 0.100. The van der Waals surface area contributed by atoms with E-state index in [2.05, 4.69) is 4.74 Å². The molecule has 0 aliphatic heterocycles. The fourth-order valence-electron chi connectivity index (χ4n) is 1.54. The Balaban J connectivity index is 2.91. The molecular formula is C10H9N3O4. The predicted molar refractivity (Wildman–Crippen MR) is 57.6 cm³/mol. The van der Waals surface area contributed by atoms with Crippen molar-refractivity contribution >= 4 is 22.8 Å². The van der Waals surface area contributed by atoms with Crippen LogP contribution in [0.2, 0.25) is 0 Å². The number of carbonyl (C=O) groups is 1. The maximum absolute atomic E-state index is 11.9. The number of nitrogens with zero attached hydrogens (tertiary/aromatic N) is 2.